The molecule has 1 aromatic heterocycles. The Morgan fingerprint density at radius 3 is 2.83 bits per heavy atom. The molecule has 6 heteroatoms. The Morgan fingerprint density at radius 1 is 1.56 bits per heavy atom. The van der Waals surface area contributed by atoms with Crippen LogP contribution in [0, 0.1) is 17.0 Å². The summed E-state index contributed by atoms with van der Waals surface area (Å²) in [5.41, 5.74) is 0.694. The molecule has 0 aliphatic carbocycles. The van der Waals surface area contributed by atoms with Gasteiger partial charge >= 0.3 is 0 Å². The molecule has 0 radical (unpaired) electrons. The van der Waals surface area contributed by atoms with Crippen LogP contribution >= 0.6 is 0 Å². The molecule has 1 saturated heterocycles. The molecule has 2 heterocycles. The number of nitrogens with one attached hydrogen (secondary N) is 1. The lowest BCUT2D eigenvalue weighted by atomic mass is 10.00. The number of nitro groups is 1. The lowest BCUT2D eigenvalue weighted by molar-refractivity contribution is -0.385. The topological polar surface area (TPSA) is 71.3 Å². The summed E-state index contributed by atoms with van der Waals surface area (Å²) in [6.07, 6.45) is 1.35. The number of anilines is 1. The van der Waals surface area contributed by atoms with Gasteiger partial charge in [-0.05, 0) is 26.8 Å². The van der Waals surface area contributed by atoms with Crippen LogP contribution in [0.5, 0.6) is 0 Å². The van der Waals surface area contributed by atoms with E-state index >= 15 is 0 Å². The van der Waals surface area contributed by atoms with Crippen molar-refractivity contribution < 1.29 is 4.92 Å². The summed E-state index contributed by atoms with van der Waals surface area (Å²) in [7, 11) is 0. The van der Waals surface area contributed by atoms with Gasteiger partial charge in [0.15, 0.2) is 0 Å². The molecular weight excluding hydrogens is 232 g/mol. The maximum absolute atomic E-state index is 10.8. The van der Waals surface area contributed by atoms with E-state index in [9.17, 15) is 10.1 Å². The van der Waals surface area contributed by atoms with E-state index in [2.05, 4.69) is 29.0 Å². The normalized spacial score (nSPS) is 18.7. The first-order valence-corrected chi connectivity index (χ1v) is 6.01. The number of nitrogens with zero attached hydrogens (tertiary/aromatic N) is 3. The molecule has 1 aromatic rings. The van der Waals surface area contributed by atoms with Crippen molar-refractivity contribution in [1.82, 2.24) is 10.3 Å². The van der Waals surface area contributed by atoms with Crippen molar-refractivity contribution in [1.29, 1.82) is 0 Å². The van der Waals surface area contributed by atoms with Gasteiger partial charge in [0.25, 0.3) is 5.69 Å². The Hall–Kier alpha value is -1.69. The van der Waals surface area contributed by atoms with Crippen molar-refractivity contribution in [2.75, 3.05) is 24.5 Å². The van der Waals surface area contributed by atoms with E-state index in [1.807, 2.05) is 0 Å². The second-order valence-corrected chi connectivity index (χ2v) is 5.23. The smallest absolute Gasteiger partial charge is 0.290 e. The van der Waals surface area contributed by atoms with E-state index in [-0.39, 0.29) is 11.2 Å². The Bertz CT molecular complexity index is 473. The van der Waals surface area contributed by atoms with Crippen LogP contribution in [0.2, 0.25) is 0 Å². The summed E-state index contributed by atoms with van der Waals surface area (Å²) in [4.78, 5) is 16.8. The van der Waals surface area contributed by atoms with Crippen LogP contribution < -0.4 is 10.2 Å². The average Bonchev–Trinajstić information content (AvgIpc) is 2.27. The highest BCUT2D eigenvalue weighted by Crippen LogP contribution is 2.27. The molecule has 1 aliphatic rings. The maximum atomic E-state index is 10.8. The molecule has 0 amide bonds. The van der Waals surface area contributed by atoms with E-state index in [1.54, 1.807) is 13.0 Å². The SMILES string of the molecule is Cc1cc(N2CCNCC2(C)C)ncc1[N+](=O)[O-]. The maximum Gasteiger partial charge on any atom is 0.290 e. The lowest BCUT2D eigenvalue weighted by Crippen LogP contribution is -2.58. The van der Waals surface area contributed by atoms with Crippen molar-refractivity contribution in [3.05, 3.63) is 27.9 Å². The van der Waals surface area contributed by atoms with Gasteiger partial charge in [-0.25, -0.2) is 4.98 Å². The molecule has 1 fully saturated rings. The third-order valence-corrected chi connectivity index (χ3v) is 3.34. The summed E-state index contributed by atoms with van der Waals surface area (Å²) in [5.74, 6) is 0.810. The van der Waals surface area contributed by atoms with Gasteiger partial charge in [-0.3, -0.25) is 10.1 Å². The Labute approximate surface area is 106 Å². The molecule has 2 rings (SSSR count). The minimum Gasteiger partial charge on any atom is -0.349 e. The largest absolute Gasteiger partial charge is 0.349 e. The van der Waals surface area contributed by atoms with Gasteiger partial charge in [-0.2, -0.15) is 0 Å². The number of aromatic nitrogens is 1. The molecule has 6 nitrogen and oxygen atoms in total. The second-order valence-electron chi connectivity index (χ2n) is 5.23. The first-order chi connectivity index (χ1) is 8.42. The number of rotatable bonds is 2. The molecule has 0 saturated carbocycles. The molecule has 1 aliphatic heterocycles. The van der Waals surface area contributed by atoms with Crippen LogP contribution in [-0.2, 0) is 0 Å². The van der Waals surface area contributed by atoms with Crippen molar-refractivity contribution in [3.63, 3.8) is 0 Å². The lowest BCUT2D eigenvalue weighted by Gasteiger charge is -2.43. The molecule has 0 spiro atoms. The zero-order chi connectivity index (χ0) is 13.3. The summed E-state index contributed by atoms with van der Waals surface area (Å²) in [6.45, 7) is 8.66. The summed E-state index contributed by atoms with van der Waals surface area (Å²) in [6, 6.07) is 1.80. The van der Waals surface area contributed by atoms with Gasteiger partial charge in [0, 0.05) is 30.7 Å². The van der Waals surface area contributed by atoms with Gasteiger partial charge in [0.1, 0.15) is 12.0 Å². The minimum atomic E-state index is -0.394. The zero-order valence-corrected chi connectivity index (χ0v) is 10.9. The average molecular weight is 250 g/mol. The predicted molar refractivity (Wildman–Crippen MR) is 69.9 cm³/mol. The fraction of sp³-hybridized carbons (Fsp3) is 0.583. The van der Waals surface area contributed by atoms with Crippen LogP contribution in [0.25, 0.3) is 0 Å². The van der Waals surface area contributed by atoms with Crippen LogP contribution in [0.15, 0.2) is 12.3 Å². The Balaban J connectivity index is 2.34. The van der Waals surface area contributed by atoms with Crippen molar-refractivity contribution in [2.24, 2.45) is 0 Å². The Morgan fingerprint density at radius 2 is 2.28 bits per heavy atom. The molecular formula is C12H18N4O2. The molecule has 98 valence electrons. The number of piperazine rings is 1. The quantitative estimate of drug-likeness (QED) is 0.636. The van der Waals surface area contributed by atoms with Crippen molar-refractivity contribution >= 4 is 11.5 Å². The molecule has 0 atom stereocenters. The molecule has 0 bridgehead atoms. The molecule has 0 unspecified atom stereocenters. The Kier molecular flexibility index (Phi) is 3.21. The van der Waals surface area contributed by atoms with Gasteiger partial charge in [-0.1, -0.05) is 0 Å². The highest BCUT2D eigenvalue weighted by atomic mass is 16.6. The van der Waals surface area contributed by atoms with Crippen LogP contribution in [-0.4, -0.2) is 35.1 Å². The zero-order valence-electron chi connectivity index (χ0n) is 10.9. The fourth-order valence-electron chi connectivity index (χ4n) is 2.28. The first kappa shape index (κ1) is 12.8. The fourth-order valence-corrected chi connectivity index (χ4v) is 2.28. The second kappa shape index (κ2) is 4.53. The molecule has 1 N–H and O–H groups in total. The monoisotopic (exact) mass is 250 g/mol. The van der Waals surface area contributed by atoms with E-state index in [4.69, 9.17) is 0 Å². The summed E-state index contributed by atoms with van der Waals surface area (Å²) < 4.78 is 0. The molecule has 18 heavy (non-hydrogen) atoms. The van der Waals surface area contributed by atoms with E-state index < -0.39 is 4.92 Å². The highest BCUT2D eigenvalue weighted by molar-refractivity contribution is 5.50. The first-order valence-electron chi connectivity index (χ1n) is 6.01. The van der Waals surface area contributed by atoms with Gasteiger partial charge in [0.05, 0.1) is 4.92 Å². The number of hydrogen-bond donors (Lipinski definition) is 1. The van der Waals surface area contributed by atoms with Gasteiger partial charge < -0.3 is 10.2 Å². The number of hydrogen-bond acceptors (Lipinski definition) is 5. The van der Waals surface area contributed by atoms with E-state index in [0.29, 0.717) is 5.56 Å². The van der Waals surface area contributed by atoms with Crippen molar-refractivity contribution in [3.8, 4) is 0 Å². The van der Waals surface area contributed by atoms with Crippen LogP contribution in [0.1, 0.15) is 19.4 Å². The van der Waals surface area contributed by atoms with Gasteiger partial charge in [0.2, 0.25) is 0 Å². The third-order valence-electron chi connectivity index (χ3n) is 3.34. The van der Waals surface area contributed by atoms with Crippen LogP contribution in [0.4, 0.5) is 11.5 Å². The minimum absolute atomic E-state index is 0.0339. The summed E-state index contributed by atoms with van der Waals surface area (Å²) >= 11 is 0. The predicted octanol–water partition coefficient (Wildman–Crippen LogP) is 1.49. The van der Waals surface area contributed by atoms with Crippen molar-refractivity contribution in [2.45, 2.75) is 26.3 Å². The van der Waals surface area contributed by atoms with Gasteiger partial charge in [-0.15, -0.1) is 0 Å². The third kappa shape index (κ3) is 2.28. The van der Waals surface area contributed by atoms with E-state index in [0.717, 1.165) is 25.5 Å². The number of aryl methyl sites for hydroxylation is 1. The number of pyridine rings is 1. The molecule has 0 aromatic carbocycles. The standard InChI is InChI=1S/C12H18N4O2/c1-9-6-11(14-7-10(9)16(17)18)15-5-4-13-8-12(15,2)3/h6-7,13H,4-5,8H2,1-3H3. The van der Waals surface area contributed by atoms with Crippen LogP contribution in [0.3, 0.4) is 0 Å². The van der Waals surface area contributed by atoms with E-state index in [1.165, 1.54) is 6.20 Å². The summed E-state index contributed by atoms with van der Waals surface area (Å²) in [5, 5.41) is 14.1. The highest BCUT2D eigenvalue weighted by Gasteiger charge is 2.31.